The number of carbonyl (C=O) groups excluding carboxylic acids is 1. The largest absolute Gasteiger partial charge is 0.479 e. The number of halogens is 1. The van der Waals surface area contributed by atoms with Crippen molar-refractivity contribution in [3.05, 3.63) is 46.0 Å². The molecule has 1 amide bonds. The molecular weight excluding hydrogens is 298 g/mol. The van der Waals surface area contributed by atoms with Crippen LogP contribution in [0.2, 0.25) is 0 Å². The van der Waals surface area contributed by atoms with E-state index in [1.165, 1.54) is 4.90 Å². The quantitative estimate of drug-likeness (QED) is 0.853. The van der Waals surface area contributed by atoms with Gasteiger partial charge in [0.1, 0.15) is 0 Å². The molecule has 1 aromatic carbocycles. The molecule has 0 fully saturated rings. The van der Waals surface area contributed by atoms with E-state index in [4.69, 9.17) is 0 Å². The van der Waals surface area contributed by atoms with Crippen molar-refractivity contribution < 1.29 is 14.7 Å². The van der Waals surface area contributed by atoms with E-state index in [1.807, 2.05) is 6.07 Å². The van der Waals surface area contributed by atoms with Gasteiger partial charge in [-0.3, -0.25) is 4.79 Å². The second kappa shape index (κ2) is 4.94. The summed E-state index contributed by atoms with van der Waals surface area (Å²) in [6, 6.07) is 6.15. The van der Waals surface area contributed by atoms with Crippen molar-refractivity contribution in [2.75, 3.05) is 6.54 Å². The lowest BCUT2D eigenvalue weighted by molar-refractivity contribution is -0.140. The van der Waals surface area contributed by atoms with Crippen molar-refractivity contribution in [2.24, 2.45) is 0 Å². The molecule has 18 heavy (non-hydrogen) atoms. The maximum absolute atomic E-state index is 12.3. The monoisotopic (exact) mass is 309 g/mol. The second-order valence-corrected chi connectivity index (χ2v) is 4.98. The molecule has 1 N–H and O–H groups in total. The van der Waals surface area contributed by atoms with Crippen LogP contribution >= 0.6 is 15.9 Å². The number of aliphatic carboxylic acids is 1. The minimum atomic E-state index is -0.998. The Labute approximate surface area is 113 Å². The third-order valence-electron chi connectivity index (χ3n) is 2.95. The SMILES string of the molecule is CC1=CCN(C(=O)c2ccccc2Br)C1C(=O)O. The molecule has 0 aliphatic carbocycles. The van der Waals surface area contributed by atoms with E-state index in [1.54, 1.807) is 31.2 Å². The fraction of sp³-hybridized carbons (Fsp3) is 0.231. The van der Waals surface area contributed by atoms with Crippen LogP contribution in [0.3, 0.4) is 0 Å². The van der Waals surface area contributed by atoms with Crippen LogP contribution in [0.4, 0.5) is 0 Å². The topological polar surface area (TPSA) is 57.6 Å². The second-order valence-electron chi connectivity index (χ2n) is 4.13. The van der Waals surface area contributed by atoms with Gasteiger partial charge in [-0.1, -0.05) is 18.2 Å². The molecule has 0 radical (unpaired) electrons. The molecule has 0 saturated carbocycles. The minimum absolute atomic E-state index is 0.275. The van der Waals surface area contributed by atoms with E-state index < -0.39 is 12.0 Å². The van der Waals surface area contributed by atoms with Gasteiger partial charge < -0.3 is 10.0 Å². The minimum Gasteiger partial charge on any atom is -0.479 e. The summed E-state index contributed by atoms with van der Waals surface area (Å²) in [5, 5.41) is 9.17. The number of rotatable bonds is 2. The molecule has 0 bridgehead atoms. The Morgan fingerprint density at radius 1 is 1.39 bits per heavy atom. The average molecular weight is 310 g/mol. The van der Waals surface area contributed by atoms with Crippen molar-refractivity contribution >= 4 is 27.8 Å². The molecule has 1 aliphatic rings. The lowest BCUT2D eigenvalue weighted by Gasteiger charge is -2.23. The zero-order chi connectivity index (χ0) is 13.3. The predicted octanol–water partition coefficient (Wildman–Crippen LogP) is 2.30. The lowest BCUT2D eigenvalue weighted by atomic mass is 10.1. The van der Waals surface area contributed by atoms with Crippen molar-refractivity contribution in [3.63, 3.8) is 0 Å². The van der Waals surface area contributed by atoms with Crippen molar-refractivity contribution in [2.45, 2.75) is 13.0 Å². The molecule has 0 spiro atoms. The summed E-state index contributed by atoms with van der Waals surface area (Å²) in [6.45, 7) is 2.06. The molecule has 0 aromatic heterocycles. The van der Waals surface area contributed by atoms with Gasteiger partial charge in [0, 0.05) is 11.0 Å². The first kappa shape index (κ1) is 12.8. The van der Waals surface area contributed by atoms with Crippen LogP contribution in [0.15, 0.2) is 40.4 Å². The zero-order valence-corrected chi connectivity index (χ0v) is 11.3. The standard InChI is InChI=1S/C13H12BrNO3/c1-8-6-7-15(11(8)13(17)18)12(16)9-4-2-3-5-10(9)14/h2-6,11H,7H2,1H3,(H,17,18). The van der Waals surface area contributed by atoms with E-state index in [0.29, 0.717) is 22.2 Å². The van der Waals surface area contributed by atoms with Gasteiger partial charge in [0.05, 0.1) is 5.56 Å². The summed E-state index contributed by atoms with van der Waals surface area (Å²) in [7, 11) is 0. The Hall–Kier alpha value is -1.62. The van der Waals surface area contributed by atoms with Crippen LogP contribution in [0.25, 0.3) is 0 Å². The maximum Gasteiger partial charge on any atom is 0.330 e. The van der Waals surface area contributed by atoms with E-state index >= 15 is 0 Å². The van der Waals surface area contributed by atoms with Gasteiger partial charge in [0.15, 0.2) is 6.04 Å². The molecule has 0 saturated heterocycles. The van der Waals surface area contributed by atoms with Crippen molar-refractivity contribution in [3.8, 4) is 0 Å². The van der Waals surface area contributed by atoms with Gasteiger partial charge >= 0.3 is 5.97 Å². The summed E-state index contributed by atoms with van der Waals surface area (Å²) in [6.07, 6.45) is 1.77. The number of carboxylic acid groups (broad SMARTS) is 1. The number of carbonyl (C=O) groups is 2. The number of amides is 1. The number of nitrogens with zero attached hydrogens (tertiary/aromatic N) is 1. The Bertz CT molecular complexity index is 539. The summed E-state index contributed by atoms with van der Waals surface area (Å²) in [5.74, 6) is -1.27. The van der Waals surface area contributed by atoms with Crippen LogP contribution in [-0.4, -0.2) is 34.5 Å². The molecule has 4 nitrogen and oxygen atoms in total. The molecule has 94 valence electrons. The molecule has 1 aromatic rings. The summed E-state index contributed by atoms with van der Waals surface area (Å²) in [4.78, 5) is 24.9. The molecule has 1 aliphatic heterocycles. The highest BCUT2D eigenvalue weighted by molar-refractivity contribution is 9.10. The molecular formula is C13H12BrNO3. The first-order valence-corrected chi connectivity index (χ1v) is 6.26. The lowest BCUT2D eigenvalue weighted by Crippen LogP contribution is -2.42. The first-order chi connectivity index (χ1) is 8.52. The first-order valence-electron chi connectivity index (χ1n) is 5.47. The Balaban J connectivity index is 2.31. The van der Waals surface area contributed by atoms with E-state index in [9.17, 15) is 14.7 Å². The number of hydrogen-bond donors (Lipinski definition) is 1. The third kappa shape index (κ3) is 2.18. The molecule has 5 heteroatoms. The van der Waals surface area contributed by atoms with Crippen LogP contribution in [-0.2, 0) is 4.79 Å². The van der Waals surface area contributed by atoms with Crippen LogP contribution < -0.4 is 0 Å². The fourth-order valence-electron chi connectivity index (χ4n) is 2.02. The number of benzene rings is 1. The third-order valence-corrected chi connectivity index (χ3v) is 3.64. The van der Waals surface area contributed by atoms with Gasteiger partial charge in [-0.25, -0.2) is 4.79 Å². The molecule has 2 rings (SSSR count). The summed E-state index contributed by atoms with van der Waals surface area (Å²) in [5.41, 5.74) is 1.18. The van der Waals surface area contributed by atoms with Crippen LogP contribution in [0.1, 0.15) is 17.3 Å². The molecule has 1 heterocycles. The van der Waals surface area contributed by atoms with Gasteiger partial charge in [0.25, 0.3) is 5.91 Å². The summed E-state index contributed by atoms with van der Waals surface area (Å²) < 4.78 is 0.670. The van der Waals surface area contributed by atoms with Crippen LogP contribution in [0, 0.1) is 0 Å². The highest BCUT2D eigenvalue weighted by Crippen LogP contribution is 2.24. The van der Waals surface area contributed by atoms with E-state index in [2.05, 4.69) is 15.9 Å². The predicted molar refractivity (Wildman–Crippen MR) is 70.4 cm³/mol. The Kier molecular flexibility index (Phi) is 3.52. The van der Waals surface area contributed by atoms with Gasteiger partial charge in [0.2, 0.25) is 0 Å². The maximum atomic E-state index is 12.3. The Morgan fingerprint density at radius 3 is 2.67 bits per heavy atom. The average Bonchev–Trinajstić information content (AvgIpc) is 2.71. The molecule has 1 atom stereocenters. The van der Waals surface area contributed by atoms with E-state index in [0.717, 1.165) is 0 Å². The van der Waals surface area contributed by atoms with Crippen molar-refractivity contribution in [1.82, 2.24) is 4.90 Å². The zero-order valence-electron chi connectivity index (χ0n) is 9.76. The van der Waals surface area contributed by atoms with Gasteiger partial charge in [-0.15, -0.1) is 0 Å². The normalized spacial score (nSPS) is 18.7. The Morgan fingerprint density at radius 2 is 2.06 bits per heavy atom. The van der Waals surface area contributed by atoms with E-state index in [-0.39, 0.29) is 5.91 Å². The summed E-state index contributed by atoms with van der Waals surface area (Å²) >= 11 is 3.30. The highest BCUT2D eigenvalue weighted by Gasteiger charge is 2.35. The van der Waals surface area contributed by atoms with Crippen molar-refractivity contribution in [1.29, 1.82) is 0 Å². The fourth-order valence-corrected chi connectivity index (χ4v) is 2.48. The number of carboxylic acids is 1. The number of hydrogen-bond acceptors (Lipinski definition) is 2. The van der Waals surface area contributed by atoms with Gasteiger partial charge in [-0.2, -0.15) is 0 Å². The van der Waals surface area contributed by atoms with Crippen LogP contribution in [0.5, 0.6) is 0 Å². The smallest absolute Gasteiger partial charge is 0.330 e. The molecule has 1 unspecified atom stereocenters. The van der Waals surface area contributed by atoms with Gasteiger partial charge in [-0.05, 0) is 40.6 Å². The highest BCUT2D eigenvalue weighted by atomic mass is 79.9.